The summed E-state index contributed by atoms with van der Waals surface area (Å²) in [5, 5.41) is 7.68. The van der Waals surface area contributed by atoms with Crippen LogP contribution in [-0.4, -0.2) is 46.1 Å². The minimum Gasteiger partial charge on any atom is -0.356 e. The fourth-order valence-electron chi connectivity index (χ4n) is 4.21. The number of nitrogens with zero attached hydrogens (tertiary/aromatic N) is 3. The molecule has 6 heteroatoms. The van der Waals surface area contributed by atoms with Crippen molar-refractivity contribution < 1.29 is 9.59 Å². The largest absolute Gasteiger partial charge is 0.356 e. The Labute approximate surface area is 194 Å². The van der Waals surface area contributed by atoms with E-state index >= 15 is 0 Å². The Morgan fingerprint density at radius 1 is 1.09 bits per heavy atom. The smallest absolute Gasteiger partial charge is 0.246 e. The van der Waals surface area contributed by atoms with E-state index in [0.717, 1.165) is 35.2 Å². The van der Waals surface area contributed by atoms with Crippen molar-refractivity contribution in [1.82, 2.24) is 20.0 Å². The average Bonchev–Trinajstić information content (AvgIpc) is 3.26. The van der Waals surface area contributed by atoms with Gasteiger partial charge in [-0.25, -0.2) is 0 Å². The van der Waals surface area contributed by atoms with Crippen LogP contribution in [0.4, 0.5) is 0 Å². The summed E-state index contributed by atoms with van der Waals surface area (Å²) in [6.07, 6.45) is 7.09. The summed E-state index contributed by atoms with van der Waals surface area (Å²) < 4.78 is 1.91. The maximum Gasteiger partial charge on any atom is 0.246 e. The molecule has 2 heterocycles. The maximum atomic E-state index is 12.9. The fraction of sp³-hybridized carbons (Fsp3) is 0.296. The van der Waals surface area contributed by atoms with Gasteiger partial charge in [-0.15, -0.1) is 0 Å². The molecule has 0 saturated carbocycles. The average molecular weight is 443 g/mol. The predicted octanol–water partition coefficient (Wildman–Crippen LogP) is 3.99. The lowest BCUT2D eigenvalue weighted by molar-refractivity contribution is -0.132. The molecule has 0 spiro atoms. The zero-order valence-corrected chi connectivity index (χ0v) is 19.0. The van der Waals surface area contributed by atoms with Gasteiger partial charge >= 0.3 is 0 Å². The molecule has 1 fully saturated rings. The molecule has 1 aromatic heterocycles. The van der Waals surface area contributed by atoms with Crippen LogP contribution in [0, 0.1) is 5.92 Å². The van der Waals surface area contributed by atoms with E-state index in [-0.39, 0.29) is 17.7 Å². The summed E-state index contributed by atoms with van der Waals surface area (Å²) in [6, 6.07) is 20.2. The molecule has 3 aromatic rings. The molecular formula is C27H30N4O2. The Hall–Kier alpha value is -3.67. The Morgan fingerprint density at radius 2 is 1.82 bits per heavy atom. The predicted molar refractivity (Wildman–Crippen MR) is 130 cm³/mol. The van der Waals surface area contributed by atoms with Gasteiger partial charge in [-0.05, 0) is 31.4 Å². The molecule has 0 aliphatic carbocycles. The first-order valence-corrected chi connectivity index (χ1v) is 11.6. The third kappa shape index (κ3) is 5.77. The van der Waals surface area contributed by atoms with Gasteiger partial charge in [0.1, 0.15) is 0 Å². The number of carbonyl (C=O) groups is 2. The van der Waals surface area contributed by atoms with Gasteiger partial charge in [0.15, 0.2) is 0 Å². The molecule has 6 nitrogen and oxygen atoms in total. The highest BCUT2D eigenvalue weighted by Gasteiger charge is 2.27. The van der Waals surface area contributed by atoms with Crippen LogP contribution in [0.5, 0.6) is 0 Å². The molecule has 2 amide bonds. The van der Waals surface area contributed by atoms with E-state index in [9.17, 15) is 9.59 Å². The number of benzene rings is 2. The number of amides is 2. The third-order valence-corrected chi connectivity index (χ3v) is 5.88. The number of piperidine rings is 1. The van der Waals surface area contributed by atoms with Crippen molar-refractivity contribution in [2.75, 3.05) is 19.6 Å². The van der Waals surface area contributed by atoms with Gasteiger partial charge in [0.05, 0.1) is 18.2 Å². The molecule has 0 radical (unpaired) electrons. The Bertz CT molecular complexity index is 1110. The Kier molecular flexibility index (Phi) is 7.35. The van der Waals surface area contributed by atoms with E-state index in [2.05, 4.69) is 17.4 Å². The van der Waals surface area contributed by atoms with Crippen molar-refractivity contribution in [2.24, 2.45) is 5.92 Å². The molecule has 1 aliphatic heterocycles. The lowest BCUT2D eigenvalue weighted by Gasteiger charge is -2.31. The van der Waals surface area contributed by atoms with Crippen LogP contribution in [0.3, 0.4) is 0 Å². The number of carbonyl (C=O) groups excluding carboxylic acids is 2. The number of nitrogens with one attached hydrogen (secondary N) is 1. The molecule has 0 bridgehead atoms. The van der Waals surface area contributed by atoms with Gasteiger partial charge < -0.3 is 10.2 Å². The van der Waals surface area contributed by atoms with Crippen LogP contribution in [0.2, 0.25) is 0 Å². The van der Waals surface area contributed by atoms with Gasteiger partial charge in [-0.1, -0.05) is 60.7 Å². The SMILES string of the molecule is CCNC(=O)C1CCCN(C(=O)/C=C/c2cn(Cc3ccccc3)nc2-c2ccccc2)C1. The van der Waals surface area contributed by atoms with Gasteiger partial charge in [0.2, 0.25) is 11.8 Å². The highest BCUT2D eigenvalue weighted by atomic mass is 16.2. The first-order valence-electron chi connectivity index (χ1n) is 11.6. The van der Waals surface area contributed by atoms with E-state index in [0.29, 0.717) is 26.2 Å². The number of likely N-dealkylation sites (tertiary alicyclic amines) is 1. The van der Waals surface area contributed by atoms with Crippen molar-refractivity contribution >= 4 is 17.9 Å². The van der Waals surface area contributed by atoms with Gasteiger partial charge in [-0.3, -0.25) is 14.3 Å². The Balaban J connectivity index is 1.53. The van der Waals surface area contributed by atoms with Crippen LogP contribution < -0.4 is 5.32 Å². The molecule has 1 atom stereocenters. The lowest BCUT2D eigenvalue weighted by atomic mass is 9.97. The summed E-state index contributed by atoms with van der Waals surface area (Å²) in [4.78, 5) is 26.9. The summed E-state index contributed by atoms with van der Waals surface area (Å²) >= 11 is 0. The number of rotatable bonds is 7. The standard InChI is InChI=1S/C27H30N4O2/c1-2-28-27(33)24-14-9-17-30(19-24)25(32)16-15-23-20-31(18-21-10-5-3-6-11-21)29-26(23)22-12-7-4-8-13-22/h3-8,10-13,15-16,20,24H,2,9,14,17-19H2,1H3,(H,28,33)/b16-15+. The zero-order valence-electron chi connectivity index (χ0n) is 19.0. The van der Waals surface area contributed by atoms with Gasteiger partial charge in [-0.2, -0.15) is 5.10 Å². The number of hydrogen-bond donors (Lipinski definition) is 1. The Morgan fingerprint density at radius 3 is 2.55 bits per heavy atom. The zero-order chi connectivity index (χ0) is 23.0. The van der Waals surface area contributed by atoms with Crippen molar-refractivity contribution in [2.45, 2.75) is 26.3 Å². The molecule has 1 aliphatic rings. The second-order valence-corrected chi connectivity index (χ2v) is 8.33. The molecule has 2 aromatic carbocycles. The van der Waals surface area contributed by atoms with E-state index in [4.69, 9.17) is 5.10 Å². The third-order valence-electron chi connectivity index (χ3n) is 5.88. The van der Waals surface area contributed by atoms with E-state index < -0.39 is 0 Å². The van der Waals surface area contributed by atoms with Crippen molar-refractivity contribution in [3.8, 4) is 11.3 Å². The quantitative estimate of drug-likeness (QED) is 0.563. The highest BCUT2D eigenvalue weighted by Crippen LogP contribution is 2.24. The van der Waals surface area contributed by atoms with Crippen LogP contribution in [0.15, 0.2) is 72.9 Å². The van der Waals surface area contributed by atoms with E-state index in [1.807, 2.05) is 72.4 Å². The normalized spacial score (nSPS) is 16.2. The molecule has 1 saturated heterocycles. The number of hydrogen-bond acceptors (Lipinski definition) is 3. The van der Waals surface area contributed by atoms with Crippen molar-refractivity contribution in [1.29, 1.82) is 0 Å². The first-order chi connectivity index (χ1) is 16.1. The topological polar surface area (TPSA) is 67.2 Å². The molecule has 170 valence electrons. The maximum absolute atomic E-state index is 12.9. The molecule has 33 heavy (non-hydrogen) atoms. The second-order valence-electron chi connectivity index (χ2n) is 8.33. The van der Waals surface area contributed by atoms with Crippen molar-refractivity contribution in [3.63, 3.8) is 0 Å². The van der Waals surface area contributed by atoms with Crippen LogP contribution >= 0.6 is 0 Å². The lowest BCUT2D eigenvalue weighted by Crippen LogP contribution is -2.44. The second kappa shape index (κ2) is 10.8. The molecule has 1 N–H and O–H groups in total. The summed E-state index contributed by atoms with van der Waals surface area (Å²) in [6.45, 7) is 4.32. The van der Waals surface area contributed by atoms with Gasteiger partial charge in [0.25, 0.3) is 0 Å². The monoisotopic (exact) mass is 442 g/mol. The minimum atomic E-state index is -0.135. The number of aromatic nitrogens is 2. The summed E-state index contributed by atoms with van der Waals surface area (Å²) in [7, 11) is 0. The highest BCUT2D eigenvalue weighted by molar-refractivity contribution is 5.93. The molecule has 1 unspecified atom stereocenters. The van der Waals surface area contributed by atoms with Crippen molar-refractivity contribution in [3.05, 3.63) is 84.1 Å². The van der Waals surface area contributed by atoms with Crippen LogP contribution in [0.1, 0.15) is 30.9 Å². The van der Waals surface area contributed by atoms with Gasteiger partial charge in [0, 0.05) is 43.0 Å². The van der Waals surface area contributed by atoms with Crippen LogP contribution in [0.25, 0.3) is 17.3 Å². The first kappa shape index (κ1) is 22.5. The van der Waals surface area contributed by atoms with E-state index in [1.54, 1.807) is 11.0 Å². The fourth-order valence-corrected chi connectivity index (χ4v) is 4.21. The molecule has 4 rings (SSSR count). The summed E-state index contributed by atoms with van der Waals surface area (Å²) in [5.41, 5.74) is 3.90. The minimum absolute atomic E-state index is 0.0348. The van der Waals surface area contributed by atoms with Crippen LogP contribution in [-0.2, 0) is 16.1 Å². The summed E-state index contributed by atoms with van der Waals surface area (Å²) in [5.74, 6) is -0.170. The van der Waals surface area contributed by atoms with E-state index in [1.165, 1.54) is 0 Å². The molecular weight excluding hydrogens is 412 g/mol.